The number of amides is 3. The number of nitrogens with one attached hydrogen (secondary N) is 2. The maximum atomic E-state index is 10.1. The highest BCUT2D eigenvalue weighted by molar-refractivity contribution is 6.01. The van der Waals surface area contributed by atoms with Gasteiger partial charge < -0.3 is 5.32 Å². The highest BCUT2D eigenvalue weighted by Gasteiger charge is 2.14. The van der Waals surface area contributed by atoms with Crippen molar-refractivity contribution < 1.29 is 9.59 Å². The van der Waals surface area contributed by atoms with Crippen molar-refractivity contribution in [3.05, 3.63) is 42.6 Å². The normalized spacial score (nSPS) is 13.1. The first-order valence-electron chi connectivity index (χ1n) is 5.53. The molecule has 96 valence electrons. The van der Waals surface area contributed by atoms with Gasteiger partial charge in [0.1, 0.15) is 0 Å². The van der Waals surface area contributed by atoms with E-state index in [9.17, 15) is 9.59 Å². The molecule has 0 aliphatic carbocycles. The van der Waals surface area contributed by atoms with Crippen LogP contribution in [0, 0.1) is 0 Å². The van der Waals surface area contributed by atoms with Crippen molar-refractivity contribution in [2.45, 2.75) is 0 Å². The van der Waals surface area contributed by atoms with Crippen LogP contribution in [-0.2, 0) is 4.79 Å². The van der Waals surface area contributed by atoms with E-state index in [1.807, 2.05) is 41.7 Å². The quantitative estimate of drug-likeness (QED) is 0.719. The Morgan fingerprint density at radius 3 is 2.32 bits per heavy atom. The Labute approximate surface area is 109 Å². The molecule has 3 rings (SSSR count). The lowest BCUT2D eigenvalue weighted by molar-refractivity contribution is -0.117. The van der Waals surface area contributed by atoms with Crippen molar-refractivity contribution in [3.63, 3.8) is 0 Å². The second-order valence-corrected chi connectivity index (χ2v) is 3.60. The maximum absolute atomic E-state index is 10.1. The zero-order chi connectivity index (χ0) is 13.5. The van der Waals surface area contributed by atoms with Gasteiger partial charge in [-0.05, 0) is 11.3 Å². The number of nitrogens with zero attached hydrogens (tertiary/aromatic N) is 3. The summed E-state index contributed by atoms with van der Waals surface area (Å²) in [5.74, 6) is -0.259. The molecule has 2 heterocycles. The van der Waals surface area contributed by atoms with Gasteiger partial charge in [-0.25, -0.2) is 4.79 Å². The summed E-state index contributed by atoms with van der Waals surface area (Å²) in [6, 6.07) is 11.3. The number of rotatable bonds is 1. The van der Waals surface area contributed by atoms with E-state index in [1.165, 1.54) is 0 Å². The third-order valence-electron chi connectivity index (χ3n) is 2.24. The third-order valence-corrected chi connectivity index (χ3v) is 2.24. The van der Waals surface area contributed by atoms with Crippen molar-refractivity contribution in [3.8, 4) is 11.3 Å². The Hall–Kier alpha value is -2.83. The molecule has 0 saturated carbocycles. The average molecular weight is 257 g/mol. The molecule has 7 heteroatoms. The van der Waals surface area contributed by atoms with E-state index in [-0.39, 0.29) is 12.5 Å². The third kappa shape index (κ3) is 3.84. The van der Waals surface area contributed by atoms with E-state index in [2.05, 4.69) is 20.7 Å². The first-order chi connectivity index (χ1) is 9.25. The zero-order valence-electron chi connectivity index (χ0n) is 9.91. The zero-order valence-corrected chi connectivity index (χ0v) is 9.91. The summed E-state index contributed by atoms with van der Waals surface area (Å²) in [5.41, 5.74) is 1.91. The molecule has 0 unspecified atom stereocenters. The molecule has 19 heavy (non-hydrogen) atoms. The van der Waals surface area contributed by atoms with Crippen molar-refractivity contribution in [1.29, 1.82) is 0 Å². The van der Waals surface area contributed by atoms with E-state index < -0.39 is 6.03 Å². The summed E-state index contributed by atoms with van der Waals surface area (Å²) in [6.07, 6.45) is 1.63. The minimum absolute atomic E-state index is 0.124. The number of urea groups is 1. The largest absolute Gasteiger partial charge is 0.329 e. The van der Waals surface area contributed by atoms with E-state index in [0.717, 1.165) is 11.3 Å². The lowest BCUT2D eigenvalue weighted by Crippen LogP contribution is -2.22. The predicted molar refractivity (Wildman–Crippen MR) is 66.8 cm³/mol. The second kappa shape index (κ2) is 6.20. The molecule has 2 aromatic rings. The number of hydrogen-bond donors (Lipinski definition) is 2. The van der Waals surface area contributed by atoms with Gasteiger partial charge in [-0.3, -0.25) is 10.1 Å². The molecule has 1 aromatic carbocycles. The monoisotopic (exact) mass is 257 g/mol. The van der Waals surface area contributed by atoms with Crippen LogP contribution in [0.1, 0.15) is 0 Å². The number of carbonyl (C=O) groups is 2. The van der Waals surface area contributed by atoms with Gasteiger partial charge in [-0.1, -0.05) is 30.3 Å². The number of hydrogen-bond acceptors (Lipinski definition) is 5. The van der Waals surface area contributed by atoms with Crippen molar-refractivity contribution in [2.75, 3.05) is 6.54 Å². The topological polar surface area (TPSA) is 96.9 Å². The van der Waals surface area contributed by atoms with Crippen LogP contribution < -0.4 is 10.6 Å². The Morgan fingerprint density at radius 1 is 1.05 bits per heavy atom. The SMILES string of the molecule is O=C1CNC(=O)N1.c1ccc(-c2ccnnn2)cc1. The van der Waals surface area contributed by atoms with Crippen LogP contribution >= 0.6 is 0 Å². The van der Waals surface area contributed by atoms with Gasteiger partial charge in [0.25, 0.3) is 0 Å². The first kappa shape index (κ1) is 12.6. The molecule has 1 aliphatic heterocycles. The second-order valence-electron chi connectivity index (χ2n) is 3.60. The molecule has 0 atom stereocenters. The molecule has 1 saturated heterocycles. The van der Waals surface area contributed by atoms with Crippen LogP contribution in [0.5, 0.6) is 0 Å². The Balaban J connectivity index is 0.000000163. The Morgan fingerprint density at radius 2 is 1.84 bits per heavy atom. The molecular formula is C12H11N5O2. The summed E-state index contributed by atoms with van der Waals surface area (Å²) in [7, 11) is 0. The minimum Gasteiger partial charge on any atom is -0.329 e. The van der Waals surface area contributed by atoms with Crippen LogP contribution in [0.2, 0.25) is 0 Å². The maximum Gasteiger partial charge on any atom is 0.321 e. The summed E-state index contributed by atoms with van der Waals surface area (Å²) < 4.78 is 0. The van der Waals surface area contributed by atoms with Gasteiger partial charge in [0, 0.05) is 5.56 Å². The fourth-order valence-electron chi connectivity index (χ4n) is 1.38. The molecule has 0 spiro atoms. The summed E-state index contributed by atoms with van der Waals surface area (Å²) in [6.45, 7) is 0.124. The van der Waals surface area contributed by atoms with Gasteiger partial charge in [0.15, 0.2) is 0 Å². The van der Waals surface area contributed by atoms with Crippen molar-refractivity contribution in [1.82, 2.24) is 26.0 Å². The van der Waals surface area contributed by atoms with Crippen LogP contribution in [0.4, 0.5) is 4.79 Å². The lowest BCUT2D eigenvalue weighted by atomic mass is 10.2. The molecule has 0 radical (unpaired) electrons. The standard InChI is InChI=1S/C9H7N3.C3H4N2O2/c1-2-4-8(5-3-1)9-6-7-10-12-11-9;6-2-1-4-3(7)5-2/h1-7H;1H2,(H2,4,5,6,7). The van der Waals surface area contributed by atoms with Crippen LogP contribution in [0.15, 0.2) is 42.6 Å². The molecular weight excluding hydrogens is 246 g/mol. The van der Waals surface area contributed by atoms with Gasteiger partial charge in [0.2, 0.25) is 5.91 Å². The van der Waals surface area contributed by atoms with Gasteiger partial charge in [-0.15, -0.1) is 10.2 Å². The van der Waals surface area contributed by atoms with Gasteiger partial charge >= 0.3 is 6.03 Å². The van der Waals surface area contributed by atoms with Crippen molar-refractivity contribution in [2.24, 2.45) is 0 Å². The van der Waals surface area contributed by atoms with Gasteiger partial charge in [-0.2, -0.15) is 0 Å². The summed E-state index contributed by atoms with van der Waals surface area (Å²) >= 11 is 0. The Bertz CT molecular complexity index is 507. The number of imide groups is 1. The molecule has 2 N–H and O–H groups in total. The van der Waals surface area contributed by atoms with Gasteiger partial charge in [0.05, 0.1) is 18.4 Å². The average Bonchev–Trinajstić information content (AvgIpc) is 2.85. The summed E-state index contributed by atoms with van der Waals surface area (Å²) in [5, 5.41) is 15.4. The highest BCUT2D eigenvalue weighted by atomic mass is 16.2. The minimum atomic E-state index is -0.398. The first-order valence-corrected chi connectivity index (χ1v) is 5.53. The van der Waals surface area contributed by atoms with Crippen LogP contribution in [0.25, 0.3) is 11.3 Å². The van der Waals surface area contributed by atoms with E-state index >= 15 is 0 Å². The smallest absolute Gasteiger partial charge is 0.321 e. The van der Waals surface area contributed by atoms with Crippen LogP contribution in [0.3, 0.4) is 0 Å². The Kier molecular flexibility index (Phi) is 4.12. The fourth-order valence-corrected chi connectivity index (χ4v) is 1.38. The lowest BCUT2D eigenvalue weighted by Gasteiger charge is -1.95. The fraction of sp³-hybridized carbons (Fsp3) is 0.0833. The predicted octanol–water partition coefficient (Wildman–Crippen LogP) is 0.364. The number of aromatic nitrogens is 3. The highest BCUT2D eigenvalue weighted by Crippen LogP contribution is 2.12. The number of carbonyl (C=O) groups excluding carboxylic acids is 2. The molecule has 1 aliphatic rings. The molecule has 1 fully saturated rings. The molecule has 7 nitrogen and oxygen atoms in total. The molecule has 0 bridgehead atoms. The molecule has 3 amide bonds. The van der Waals surface area contributed by atoms with E-state index in [4.69, 9.17) is 0 Å². The van der Waals surface area contributed by atoms with E-state index in [1.54, 1.807) is 6.20 Å². The van der Waals surface area contributed by atoms with Crippen molar-refractivity contribution >= 4 is 11.9 Å². The summed E-state index contributed by atoms with van der Waals surface area (Å²) in [4.78, 5) is 20.1. The molecule has 1 aromatic heterocycles. The van der Waals surface area contributed by atoms with Crippen LogP contribution in [-0.4, -0.2) is 33.9 Å². The number of benzene rings is 1. The van der Waals surface area contributed by atoms with E-state index in [0.29, 0.717) is 0 Å².